The Hall–Kier alpha value is -2.89. The zero-order chi connectivity index (χ0) is 13.9. The Balaban J connectivity index is 2.10. The molecule has 3 rings (SSSR count). The topological polar surface area (TPSA) is 78.8 Å². The zero-order valence-electron chi connectivity index (χ0n) is 10.9. The number of para-hydroxylation sites is 1. The average Bonchev–Trinajstić information content (AvgIpc) is 2.90. The maximum atomic E-state index is 6.04. The number of methoxy groups -OCH3 is 1. The van der Waals surface area contributed by atoms with E-state index in [9.17, 15) is 0 Å². The van der Waals surface area contributed by atoms with Crippen molar-refractivity contribution in [3.63, 3.8) is 0 Å². The first-order chi connectivity index (χ1) is 9.79. The normalized spacial score (nSPS) is 10.4. The van der Waals surface area contributed by atoms with Crippen LogP contribution in [0.3, 0.4) is 0 Å². The molecule has 0 aliphatic carbocycles. The Morgan fingerprint density at radius 3 is 2.60 bits per heavy atom. The van der Waals surface area contributed by atoms with E-state index in [1.54, 1.807) is 36.4 Å². The van der Waals surface area contributed by atoms with Crippen LogP contribution in [0.4, 0.5) is 5.69 Å². The van der Waals surface area contributed by atoms with E-state index in [0.29, 0.717) is 17.3 Å². The van der Waals surface area contributed by atoms with Gasteiger partial charge in [0.05, 0.1) is 19.0 Å². The molecule has 0 fully saturated rings. The van der Waals surface area contributed by atoms with Crippen LogP contribution in [0.1, 0.15) is 0 Å². The molecule has 0 aliphatic heterocycles. The van der Waals surface area contributed by atoms with Gasteiger partial charge in [0.15, 0.2) is 0 Å². The lowest BCUT2D eigenvalue weighted by atomic mass is 10.1. The fourth-order valence-electron chi connectivity index (χ4n) is 1.95. The number of ether oxygens (including phenoxy) is 1. The molecule has 0 spiro atoms. The molecule has 100 valence electrons. The number of anilines is 1. The van der Waals surface area contributed by atoms with Crippen LogP contribution in [0.5, 0.6) is 5.75 Å². The predicted molar refractivity (Wildman–Crippen MR) is 75.6 cm³/mol. The van der Waals surface area contributed by atoms with Crippen LogP contribution in [-0.2, 0) is 0 Å². The summed E-state index contributed by atoms with van der Waals surface area (Å²) in [6, 6.07) is 9.34. The van der Waals surface area contributed by atoms with E-state index in [1.807, 2.05) is 24.3 Å². The second-order valence-corrected chi connectivity index (χ2v) is 4.13. The van der Waals surface area contributed by atoms with Gasteiger partial charge in [0, 0.05) is 18.0 Å². The maximum Gasteiger partial charge on any atom is 0.250 e. The molecule has 0 saturated heterocycles. The fraction of sp³-hybridized carbons (Fsp3) is 0.0714. The summed E-state index contributed by atoms with van der Waals surface area (Å²) in [6.07, 6.45) is 5.00. The molecule has 3 aromatic rings. The van der Waals surface area contributed by atoms with E-state index in [2.05, 4.69) is 15.1 Å². The summed E-state index contributed by atoms with van der Waals surface area (Å²) in [4.78, 5) is 8.28. The van der Waals surface area contributed by atoms with E-state index in [4.69, 9.17) is 10.5 Å². The van der Waals surface area contributed by atoms with Crippen molar-refractivity contribution in [1.82, 2.24) is 19.7 Å². The fourth-order valence-corrected chi connectivity index (χ4v) is 1.95. The third-order valence-corrected chi connectivity index (χ3v) is 2.86. The second kappa shape index (κ2) is 5.00. The number of benzene rings is 1. The lowest BCUT2D eigenvalue weighted by Crippen LogP contribution is -2.00. The minimum absolute atomic E-state index is 0.473. The van der Waals surface area contributed by atoms with Crippen LogP contribution >= 0.6 is 0 Å². The average molecular weight is 267 g/mol. The van der Waals surface area contributed by atoms with Crippen molar-refractivity contribution in [2.75, 3.05) is 12.8 Å². The number of hydrogen-bond donors (Lipinski definition) is 1. The molecular weight excluding hydrogens is 254 g/mol. The van der Waals surface area contributed by atoms with Crippen molar-refractivity contribution < 1.29 is 4.74 Å². The predicted octanol–water partition coefficient (Wildman–Crippen LogP) is 1.92. The first-order valence-electron chi connectivity index (χ1n) is 6.05. The molecule has 0 radical (unpaired) electrons. The highest BCUT2D eigenvalue weighted by atomic mass is 16.5. The van der Waals surface area contributed by atoms with Crippen LogP contribution in [0, 0.1) is 0 Å². The molecule has 0 bridgehead atoms. The number of hydrogen-bond acceptors (Lipinski definition) is 5. The summed E-state index contributed by atoms with van der Waals surface area (Å²) in [5.41, 5.74) is 8.07. The third kappa shape index (κ3) is 2.07. The quantitative estimate of drug-likeness (QED) is 0.784. The van der Waals surface area contributed by atoms with Gasteiger partial charge in [0.1, 0.15) is 11.4 Å². The summed E-state index contributed by atoms with van der Waals surface area (Å²) in [5.74, 6) is 1.19. The molecule has 0 atom stereocenters. The van der Waals surface area contributed by atoms with Crippen LogP contribution in [-0.4, -0.2) is 26.9 Å². The van der Waals surface area contributed by atoms with Crippen LogP contribution in [0.2, 0.25) is 0 Å². The van der Waals surface area contributed by atoms with Gasteiger partial charge in [0.2, 0.25) is 0 Å². The molecule has 6 nitrogen and oxygen atoms in total. The third-order valence-electron chi connectivity index (χ3n) is 2.86. The van der Waals surface area contributed by atoms with Crippen LogP contribution < -0.4 is 10.5 Å². The minimum atomic E-state index is 0.473. The van der Waals surface area contributed by atoms with Gasteiger partial charge in [-0.25, -0.2) is 14.6 Å². The number of rotatable bonds is 3. The smallest absolute Gasteiger partial charge is 0.250 e. The molecule has 2 aromatic heterocycles. The van der Waals surface area contributed by atoms with Gasteiger partial charge in [-0.2, -0.15) is 5.10 Å². The van der Waals surface area contributed by atoms with Gasteiger partial charge in [-0.3, -0.25) is 0 Å². The maximum absolute atomic E-state index is 6.04. The summed E-state index contributed by atoms with van der Waals surface area (Å²) in [6.45, 7) is 0. The summed E-state index contributed by atoms with van der Waals surface area (Å²) < 4.78 is 6.89. The van der Waals surface area contributed by atoms with Crippen LogP contribution in [0.25, 0.3) is 17.2 Å². The first-order valence-corrected chi connectivity index (χ1v) is 6.05. The number of nitrogens with two attached hydrogens (primary N) is 1. The molecule has 1 aromatic carbocycles. The SMILES string of the molecule is COc1ccccc1-c1nn(-c2ncccn2)cc1N. The van der Waals surface area contributed by atoms with Gasteiger partial charge in [-0.15, -0.1) is 0 Å². The van der Waals surface area contributed by atoms with E-state index in [-0.39, 0.29) is 0 Å². The highest BCUT2D eigenvalue weighted by Crippen LogP contribution is 2.32. The van der Waals surface area contributed by atoms with Crippen molar-refractivity contribution in [2.45, 2.75) is 0 Å². The van der Waals surface area contributed by atoms with Crippen molar-refractivity contribution in [2.24, 2.45) is 0 Å². The molecule has 6 heteroatoms. The van der Waals surface area contributed by atoms with E-state index < -0.39 is 0 Å². The summed E-state index contributed by atoms with van der Waals surface area (Å²) in [7, 11) is 1.62. The Bertz CT molecular complexity index is 723. The van der Waals surface area contributed by atoms with Crippen molar-refractivity contribution >= 4 is 5.69 Å². The molecule has 0 unspecified atom stereocenters. The summed E-state index contributed by atoms with van der Waals surface area (Å²) in [5, 5.41) is 4.45. The molecule has 2 N–H and O–H groups in total. The van der Waals surface area contributed by atoms with E-state index in [1.165, 1.54) is 0 Å². The monoisotopic (exact) mass is 267 g/mol. The van der Waals surface area contributed by atoms with Crippen molar-refractivity contribution in [3.05, 3.63) is 48.9 Å². The number of nitrogen functional groups attached to an aromatic ring is 1. The van der Waals surface area contributed by atoms with E-state index in [0.717, 1.165) is 11.3 Å². The second-order valence-electron chi connectivity index (χ2n) is 4.13. The van der Waals surface area contributed by atoms with E-state index >= 15 is 0 Å². The summed E-state index contributed by atoms with van der Waals surface area (Å²) >= 11 is 0. The molecule has 0 amide bonds. The largest absolute Gasteiger partial charge is 0.496 e. The number of nitrogens with zero attached hydrogens (tertiary/aromatic N) is 4. The lowest BCUT2D eigenvalue weighted by Gasteiger charge is -2.05. The first kappa shape index (κ1) is 12.2. The minimum Gasteiger partial charge on any atom is -0.496 e. The zero-order valence-corrected chi connectivity index (χ0v) is 10.9. The Morgan fingerprint density at radius 2 is 1.85 bits per heavy atom. The number of aromatic nitrogens is 4. The van der Waals surface area contributed by atoms with Crippen molar-refractivity contribution in [1.29, 1.82) is 0 Å². The van der Waals surface area contributed by atoms with Gasteiger partial charge in [0.25, 0.3) is 5.95 Å². The van der Waals surface area contributed by atoms with Gasteiger partial charge < -0.3 is 10.5 Å². The van der Waals surface area contributed by atoms with Crippen LogP contribution in [0.15, 0.2) is 48.9 Å². The highest BCUT2D eigenvalue weighted by Gasteiger charge is 2.14. The molecule has 2 heterocycles. The molecule has 0 saturated carbocycles. The standard InChI is InChI=1S/C14H13N5O/c1-20-12-6-3-2-5-10(12)13-11(15)9-19(18-13)14-16-7-4-8-17-14/h2-9H,15H2,1H3. The molecule has 20 heavy (non-hydrogen) atoms. The Kier molecular flexibility index (Phi) is 3.04. The molecular formula is C14H13N5O. The van der Waals surface area contributed by atoms with Crippen molar-refractivity contribution in [3.8, 4) is 23.0 Å². The van der Waals surface area contributed by atoms with Gasteiger partial charge in [-0.1, -0.05) is 12.1 Å². The van der Waals surface area contributed by atoms with Gasteiger partial charge >= 0.3 is 0 Å². The Labute approximate surface area is 115 Å². The molecule has 0 aliphatic rings. The lowest BCUT2D eigenvalue weighted by molar-refractivity contribution is 0.416. The Morgan fingerprint density at radius 1 is 1.10 bits per heavy atom. The highest BCUT2D eigenvalue weighted by molar-refractivity contribution is 5.76. The van der Waals surface area contributed by atoms with Gasteiger partial charge in [-0.05, 0) is 18.2 Å².